The summed E-state index contributed by atoms with van der Waals surface area (Å²) in [6.07, 6.45) is 5.61. The van der Waals surface area contributed by atoms with Crippen molar-refractivity contribution in [2.24, 2.45) is 5.92 Å². The number of nitrogens with one attached hydrogen (secondary N) is 1. The second kappa shape index (κ2) is 8.85. The maximum atomic E-state index is 13.4. The van der Waals surface area contributed by atoms with E-state index < -0.39 is 11.6 Å². The van der Waals surface area contributed by atoms with Gasteiger partial charge in [-0.05, 0) is 43.4 Å². The number of carbonyl (C=O) groups is 3. The van der Waals surface area contributed by atoms with Crippen LogP contribution in [0, 0.1) is 5.92 Å². The number of rotatable bonds is 7. The topological polar surface area (TPSA) is 88.2 Å². The molecular weight excluding hydrogens is 434 g/mol. The molecule has 1 N–H and O–H groups in total. The molecule has 1 unspecified atom stereocenters. The second-order valence-corrected chi connectivity index (χ2v) is 8.94. The van der Waals surface area contributed by atoms with E-state index in [2.05, 4.69) is 5.32 Å². The first-order chi connectivity index (χ1) is 16.5. The van der Waals surface area contributed by atoms with Crippen molar-refractivity contribution < 1.29 is 23.9 Å². The number of carbonyl (C=O) groups excluding carboxylic acids is 3. The quantitative estimate of drug-likeness (QED) is 0.640. The van der Waals surface area contributed by atoms with Gasteiger partial charge in [-0.25, -0.2) is 4.79 Å². The van der Waals surface area contributed by atoms with Crippen LogP contribution in [0.25, 0.3) is 6.08 Å². The molecule has 0 radical (unpaired) electrons. The second-order valence-electron chi connectivity index (χ2n) is 8.94. The third-order valence-electron chi connectivity index (χ3n) is 6.52. The first kappa shape index (κ1) is 22.0. The minimum absolute atomic E-state index is 0.131. The molecule has 2 aliphatic heterocycles. The summed E-state index contributed by atoms with van der Waals surface area (Å²) < 4.78 is 11.3. The lowest BCUT2D eigenvalue weighted by atomic mass is 9.96. The van der Waals surface area contributed by atoms with Gasteiger partial charge in [0.1, 0.15) is 25.3 Å². The van der Waals surface area contributed by atoms with Crippen LogP contribution in [0.4, 0.5) is 10.5 Å². The number of imide groups is 1. The third-order valence-corrected chi connectivity index (χ3v) is 6.52. The third kappa shape index (κ3) is 4.23. The van der Waals surface area contributed by atoms with E-state index in [1.165, 1.54) is 0 Å². The highest BCUT2D eigenvalue weighted by Crippen LogP contribution is 2.42. The molecule has 4 amide bonds. The van der Waals surface area contributed by atoms with Gasteiger partial charge in [-0.3, -0.25) is 14.5 Å². The van der Waals surface area contributed by atoms with E-state index in [0.717, 1.165) is 23.3 Å². The zero-order chi connectivity index (χ0) is 23.7. The van der Waals surface area contributed by atoms with Gasteiger partial charge in [0.2, 0.25) is 5.91 Å². The van der Waals surface area contributed by atoms with E-state index in [1.807, 2.05) is 42.5 Å². The average Bonchev–Trinajstić information content (AvgIpc) is 3.68. The lowest BCUT2D eigenvalue weighted by Gasteiger charge is -2.26. The molecule has 3 aliphatic rings. The summed E-state index contributed by atoms with van der Waals surface area (Å²) >= 11 is 0. The maximum absolute atomic E-state index is 13.4. The summed E-state index contributed by atoms with van der Waals surface area (Å²) in [5.74, 6) is 0.612. The van der Waals surface area contributed by atoms with Crippen molar-refractivity contribution >= 4 is 29.6 Å². The number of urea groups is 1. The molecule has 176 valence electrons. The van der Waals surface area contributed by atoms with E-state index in [1.54, 1.807) is 30.0 Å². The molecule has 2 aromatic carbocycles. The van der Waals surface area contributed by atoms with Crippen molar-refractivity contribution in [3.05, 3.63) is 60.2 Å². The Bertz CT molecular complexity index is 1140. The SMILES string of the molecule is CC1(C2CC2)NC(=O)N(CC(=O)N(C/C=C/c2ccccc2)c2ccc3c(c2)OCCO3)C1=O. The van der Waals surface area contributed by atoms with Gasteiger partial charge >= 0.3 is 6.03 Å². The maximum Gasteiger partial charge on any atom is 0.325 e. The summed E-state index contributed by atoms with van der Waals surface area (Å²) in [5.41, 5.74) is 0.683. The first-order valence-electron chi connectivity index (χ1n) is 11.5. The van der Waals surface area contributed by atoms with Gasteiger partial charge in [0.05, 0.1) is 0 Å². The molecule has 0 bridgehead atoms. The zero-order valence-corrected chi connectivity index (χ0v) is 19.0. The molecule has 2 fully saturated rings. The van der Waals surface area contributed by atoms with E-state index in [9.17, 15) is 14.4 Å². The van der Waals surface area contributed by atoms with E-state index in [0.29, 0.717) is 30.4 Å². The Morgan fingerprint density at radius 3 is 2.59 bits per heavy atom. The van der Waals surface area contributed by atoms with Crippen LogP contribution in [0.15, 0.2) is 54.6 Å². The molecule has 8 nitrogen and oxygen atoms in total. The Morgan fingerprint density at radius 2 is 1.85 bits per heavy atom. The standard InChI is InChI=1S/C26H27N3O5/c1-26(19-9-10-19)24(31)29(25(32)27-26)17-23(30)28(13-5-8-18-6-3-2-4-7-18)20-11-12-21-22(16-20)34-15-14-33-21/h2-8,11-12,16,19H,9-10,13-15,17H2,1H3,(H,27,32)/b8-5+. The Morgan fingerprint density at radius 1 is 1.12 bits per heavy atom. The Balaban J connectivity index is 1.38. The predicted octanol–water partition coefficient (Wildman–Crippen LogP) is 3.22. The minimum atomic E-state index is -0.924. The summed E-state index contributed by atoms with van der Waals surface area (Å²) in [7, 11) is 0. The van der Waals surface area contributed by atoms with Crippen LogP contribution in [-0.4, -0.2) is 54.6 Å². The summed E-state index contributed by atoms with van der Waals surface area (Å²) in [4.78, 5) is 41.6. The van der Waals surface area contributed by atoms with Crippen LogP contribution >= 0.6 is 0 Å². The van der Waals surface area contributed by atoms with Crippen molar-refractivity contribution in [1.29, 1.82) is 0 Å². The monoisotopic (exact) mass is 461 g/mol. The van der Waals surface area contributed by atoms with Crippen molar-refractivity contribution in [3.8, 4) is 11.5 Å². The summed E-state index contributed by atoms with van der Waals surface area (Å²) in [6.45, 7) is 2.58. The highest BCUT2D eigenvalue weighted by molar-refractivity contribution is 6.10. The number of benzene rings is 2. The Hall–Kier alpha value is -3.81. The van der Waals surface area contributed by atoms with Crippen molar-refractivity contribution in [1.82, 2.24) is 10.2 Å². The van der Waals surface area contributed by atoms with Crippen molar-refractivity contribution in [3.63, 3.8) is 0 Å². The largest absolute Gasteiger partial charge is 0.486 e. The number of anilines is 1. The lowest BCUT2D eigenvalue weighted by molar-refractivity contribution is -0.134. The van der Waals surface area contributed by atoms with Gasteiger partial charge in [-0.2, -0.15) is 0 Å². The molecule has 34 heavy (non-hydrogen) atoms. The summed E-state index contributed by atoms with van der Waals surface area (Å²) in [6, 6.07) is 14.5. The number of fused-ring (bicyclic) bond motifs is 1. The number of hydrogen-bond donors (Lipinski definition) is 1. The van der Waals surface area contributed by atoms with Crippen LogP contribution in [0.3, 0.4) is 0 Å². The van der Waals surface area contributed by atoms with Crippen LogP contribution in [0.5, 0.6) is 11.5 Å². The predicted molar refractivity (Wildman–Crippen MR) is 127 cm³/mol. The molecular formula is C26H27N3O5. The van der Waals surface area contributed by atoms with Gasteiger partial charge < -0.3 is 19.7 Å². The van der Waals surface area contributed by atoms with Crippen molar-refractivity contribution in [2.45, 2.75) is 25.3 Å². The fraction of sp³-hybridized carbons (Fsp3) is 0.346. The Kier molecular flexibility index (Phi) is 5.73. The molecule has 5 rings (SSSR count). The minimum Gasteiger partial charge on any atom is -0.486 e. The van der Waals surface area contributed by atoms with E-state index >= 15 is 0 Å². The molecule has 8 heteroatoms. The van der Waals surface area contributed by atoms with Crippen LogP contribution in [0.2, 0.25) is 0 Å². The number of amides is 4. The smallest absolute Gasteiger partial charge is 0.325 e. The average molecular weight is 462 g/mol. The number of nitrogens with zero attached hydrogens (tertiary/aromatic N) is 2. The first-order valence-corrected chi connectivity index (χ1v) is 11.5. The molecule has 2 heterocycles. The van der Waals surface area contributed by atoms with E-state index in [-0.39, 0.29) is 30.8 Å². The Labute approximate surface area is 198 Å². The molecule has 0 aromatic heterocycles. The van der Waals surface area contributed by atoms with Crippen LogP contribution in [-0.2, 0) is 9.59 Å². The van der Waals surface area contributed by atoms with Gasteiger partial charge in [-0.15, -0.1) is 0 Å². The highest BCUT2D eigenvalue weighted by Gasteiger charge is 2.56. The lowest BCUT2D eigenvalue weighted by Crippen LogP contribution is -2.47. The molecule has 0 spiro atoms. The fourth-order valence-electron chi connectivity index (χ4n) is 4.43. The van der Waals surface area contributed by atoms with E-state index in [4.69, 9.17) is 9.47 Å². The fourth-order valence-corrected chi connectivity index (χ4v) is 4.43. The zero-order valence-electron chi connectivity index (χ0n) is 19.0. The van der Waals surface area contributed by atoms with Crippen LogP contribution in [0.1, 0.15) is 25.3 Å². The molecule has 1 saturated heterocycles. The van der Waals surface area contributed by atoms with Crippen molar-refractivity contribution in [2.75, 3.05) is 31.2 Å². The molecule has 2 aromatic rings. The van der Waals surface area contributed by atoms with Gasteiger partial charge in [0.15, 0.2) is 11.5 Å². The summed E-state index contributed by atoms with van der Waals surface area (Å²) in [5, 5.41) is 2.80. The number of ether oxygens (including phenoxy) is 2. The van der Waals surface area contributed by atoms with Gasteiger partial charge in [-0.1, -0.05) is 42.5 Å². The van der Waals surface area contributed by atoms with Gasteiger partial charge in [0.25, 0.3) is 5.91 Å². The highest BCUT2D eigenvalue weighted by atomic mass is 16.6. The number of hydrogen-bond acceptors (Lipinski definition) is 5. The molecule has 1 saturated carbocycles. The molecule has 1 aliphatic carbocycles. The van der Waals surface area contributed by atoms with Crippen LogP contribution < -0.4 is 19.7 Å². The van der Waals surface area contributed by atoms with Gasteiger partial charge in [0, 0.05) is 18.3 Å². The normalized spacial score (nSPS) is 21.6. The molecule has 1 atom stereocenters.